The lowest BCUT2D eigenvalue weighted by molar-refractivity contribution is -0.141. The molecule has 1 aliphatic heterocycles. The highest BCUT2D eigenvalue weighted by atomic mass is 35.5. The van der Waals surface area contributed by atoms with E-state index >= 15 is 0 Å². The van der Waals surface area contributed by atoms with Crippen molar-refractivity contribution in [3.63, 3.8) is 0 Å². The van der Waals surface area contributed by atoms with E-state index in [1.165, 1.54) is 10.4 Å². The number of carbonyl (C=O) groups is 2. The van der Waals surface area contributed by atoms with Crippen LogP contribution in [0.1, 0.15) is 34.9 Å². The van der Waals surface area contributed by atoms with E-state index in [9.17, 15) is 9.59 Å². The molecular weight excluding hydrogens is 403 g/mol. The molecule has 1 aromatic carbocycles. The number of fused-ring (bicyclic) bond motifs is 1. The molecule has 0 bridgehead atoms. The van der Waals surface area contributed by atoms with Crippen LogP contribution in [0.5, 0.6) is 0 Å². The second-order valence-corrected chi connectivity index (χ2v) is 8.68. The van der Waals surface area contributed by atoms with E-state index in [4.69, 9.17) is 23.2 Å². The van der Waals surface area contributed by atoms with E-state index in [2.05, 4.69) is 11.4 Å². The molecule has 7 heteroatoms. The first-order valence-corrected chi connectivity index (χ1v) is 10.8. The van der Waals surface area contributed by atoms with Gasteiger partial charge in [0.1, 0.15) is 12.4 Å². The van der Waals surface area contributed by atoms with Gasteiger partial charge in [0.05, 0.1) is 6.04 Å². The van der Waals surface area contributed by atoms with Gasteiger partial charge in [0, 0.05) is 22.5 Å². The van der Waals surface area contributed by atoms with Crippen molar-refractivity contribution in [3.05, 3.63) is 56.7 Å². The molecular formula is C20H20Cl2N2O2S. The van der Waals surface area contributed by atoms with Gasteiger partial charge in [-0.3, -0.25) is 9.59 Å². The number of hydrogen-bond donors (Lipinski definition) is 0. The molecule has 27 heavy (non-hydrogen) atoms. The summed E-state index contributed by atoms with van der Waals surface area (Å²) >= 11 is 13.5. The Kier molecular flexibility index (Phi) is 5.44. The van der Waals surface area contributed by atoms with Crippen LogP contribution >= 0.6 is 34.5 Å². The third-order valence-electron chi connectivity index (χ3n) is 5.20. The van der Waals surface area contributed by atoms with Crippen molar-refractivity contribution >= 4 is 46.4 Å². The van der Waals surface area contributed by atoms with E-state index in [1.54, 1.807) is 16.2 Å². The van der Waals surface area contributed by atoms with Crippen LogP contribution in [0.25, 0.3) is 0 Å². The molecule has 4 rings (SSSR count). The Morgan fingerprint density at radius 1 is 1.19 bits per heavy atom. The molecule has 0 spiro atoms. The summed E-state index contributed by atoms with van der Waals surface area (Å²) in [5, 5.41) is 2.75. The number of nitrogens with zero attached hydrogens (tertiary/aromatic N) is 2. The number of benzene rings is 1. The minimum absolute atomic E-state index is 0.0304. The Morgan fingerprint density at radius 3 is 2.59 bits per heavy atom. The maximum Gasteiger partial charge on any atom is 0.243 e. The van der Waals surface area contributed by atoms with Crippen LogP contribution in [-0.4, -0.2) is 46.6 Å². The van der Waals surface area contributed by atoms with Gasteiger partial charge in [-0.15, -0.1) is 22.9 Å². The van der Waals surface area contributed by atoms with E-state index in [-0.39, 0.29) is 36.3 Å². The monoisotopic (exact) mass is 422 g/mol. The van der Waals surface area contributed by atoms with E-state index in [1.807, 2.05) is 29.2 Å². The number of hydrogen-bond acceptors (Lipinski definition) is 3. The van der Waals surface area contributed by atoms with Crippen molar-refractivity contribution < 1.29 is 9.59 Å². The van der Waals surface area contributed by atoms with Crippen LogP contribution in [0, 0.1) is 0 Å². The highest BCUT2D eigenvalue weighted by Gasteiger charge is 2.37. The maximum atomic E-state index is 13.2. The summed E-state index contributed by atoms with van der Waals surface area (Å²) in [6.07, 6.45) is 2.74. The van der Waals surface area contributed by atoms with E-state index in [0.29, 0.717) is 11.6 Å². The van der Waals surface area contributed by atoms with E-state index in [0.717, 1.165) is 24.8 Å². The topological polar surface area (TPSA) is 40.6 Å². The Balaban J connectivity index is 1.62. The van der Waals surface area contributed by atoms with Crippen molar-refractivity contribution in [1.29, 1.82) is 0 Å². The molecule has 2 aromatic rings. The predicted octanol–water partition coefficient (Wildman–Crippen LogP) is 4.11. The van der Waals surface area contributed by atoms with Gasteiger partial charge in [-0.25, -0.2) is 0 Å². The van der Waals surface area contributed by atoms with Gasteiger partial charge in [-0.05, 0) is 54.0 Å². The zero-order valence-electron chi connectivity index (χ0n) is 14.7. The van der Waals surface area contributed by atoms with Crippen LogP contribution in [-0.2, 0) is 16.0 Å². The standard InChI is InChI=1S/C20H20Cl2N2O2S/c21-11-18(25)24(15-5-6-15)12-19(26)23-9-7-17-16(8-10-27-17)20(23)13-1-3-14(22)4-2-13/h1-4,8,10,15,20H,5-7,9,11-12H2. The summed E-state index contributed by atoms with van der Waals surface area (Å²) in [4.78, 5) is 30.2. The van der Waals surface area contributed by atoms with Gasteiger partial charge in [0.25, 0.3) is 0 Å². The largest absolute Gasteiger partial charge is 0.330 e. The smallest absolute Gasteiger partial charge is 0.243 e. The first-order chi connectivity index (χ1) is 13.1. The summed E-state index contributed by atoms with van der Waals surface area (Å²) in [5.41, 5.74) is 2.21. The molecule has 1 fully saturated rings. The van der Waals surface area contributed by atoms with Crippen LogP contribution in [0.15, 0.2) is 35.7 Å². The number of thiophene rings is 1. The third-order valence-corrected chi connectivity index (χ3v) is 6.68. The number of halogens is 2. The van der Waals surface area contributed by atoms with Crippen LogP contribution in [0.4, 0.5) is 0 Å². The fourth-order valence-corrected chi connectivity index (χ4v) is 4.89. The van der Waals surface area contributed by atoms with Crippen molar-refractivity contribution in [1.82, 2.24) is 9.80 Å². The number of rotatable bonds is 5. The Morgan fingerprint density at radius 2 is 1.93 bits per heavy atom. The molecule has 1 saturated carbocycles. The fraction of sp³-hybridized carbons (Fsp3) is 0.400. The van der Waals surface area contributed by atoms with Gasteiger partial charge in [-0.1, -0.05) is 23.7 Å². The second-order valence-electron chi connectivity index (χ2n) is 6.98. The van der Waals surface area contributed by atoms with Crippen LogP contribution in [0.3, 0.4) is 0 Å². The van der Waals surface area contributed by atoms with Crippen LogP contribution < -0.4 is 0 Å². The summed E-state index contributed by atoms with van der Waals surface area (Å²) in [5.74, 6) is -0.278. The average Bonchev–Trinajstić information content (AvgIpc) is 3.41. The van der Waals surface area contributed by atoms with Gasteiger partial charge >= 0.3 is 0 Å². The molecule has 1 aliphatic carbocycles. The lowest BCUT2D eigenvalue weighted by Gasteiger charge is -2.37. The molecule has 4 nitrogen and oxygen atoms in total. The fourth-order valence-electron chi connectivity index (χ4n) is 3.71. The maximum absolute atomic E-state index is 13.2. The van der Waals surface area contributed by atoms with Gasteiger partial charge in [0.15, 0.2) is 0 Å². The zero-order chi connectivity index (χ0) is 19.0. The summed E-state index contributed by atoms with van der Waals surface area (Å²) in [7, 11) is 0. The zero-order valence-corrected chi connectivity index (χ0v) is 17.1. The van der Waals surface area contributed by atoms with Crippen molar-refractivity contribution in [2.75, 3.05) is 19.0 Å². The lowest BCUT2D eigenvalue weighted by Crippen LogP contribution is -2.47. The Hall–Kier alpha value is -1.56. The number of carbonyl (C=O) groups excluding carboxylic acids is 2. The predicted molar refractivity (Wildman–Crippen MR) is 108 cm³/mol. The lowest BCUT2D eigenvalue weighted by atomic mass is 9.93. The minimum atomic E-state index is -0.163. The molecule has 142 valence electrons. The summed E-state index contributed by atoms with van der Waals surface area (Å²) < 4.78 is 0. The molecule has 1 unspecified atom stereocenters. The molecule has 2 aliphatic rings. The first kappa shape index (κ1) is 18.8. The Labute approximate surface area is 172 Å². The molecule has 0 radical (unpaired) electrons. The number of amides is 2. The minimum Gasteiger partial charge on any atom is -0.330 e. The van der Waals surface area contributed by atoms with Gasteiger partial charge < -0.3 is 9.80 Å². The normalized spacial score (nSPS) is 18.9. The quantitative estimate of drug-likeness (QED) is 0.680. The van der Waals surface area contributed by atoms with Crippen molar-refractivity contribution in [2.45, 2.75) is 31.3 Å². The highest BCUT2D eigenvalue weighted by Crippen LogP contribution is 2.38. The molecule has 2 amide bonds. The Bertz CT molecular complexity index is 848. The van der Waals surface area contributed by atoms with Gasteiger partial charge in [0.2, 0.25) is 11.8 Å². The number of alkyl halides is 1. The van der Waals surface area contributed by atoms with Crippen LogP contribution in [0.2, 0.25) is 5.02 Å². The second kappa shape index (κ2) is 7.82. The summed E-state index contributed by atoms with van der Waals surface area (Å²) in [6, 6.07) is 9.78. The molecule has 1 atom stereocenters. The third kappa shape index (κ3) is 3.86. The molecule has 1 aromatic heterocycles. The first-order valence-electron chi connectivity index (χ1n) is 9.05. The molecule has 0 saturated heterocycles. The van der Waals surface area contributed by atoms with Crippen molar-refractivity contribution in [3.8, 4) is 0 Å². The SMILES string of the molecule is O=C(CCl)N(CC(=O)N1CCc2sccc2C1c1ccc(Cl)cc1)C1CC1. The molecule has 0 N–H and O–H groups in total. The van der Waals surface area contributed by atoms with Gasteiger partial charge in [-0.2, -0.15) is 0 Å². The average molecular weight is 423 g/mol. The van der Waals surface area contributed by atoms with Crippen molar-refractivity contribution in [2.24, 2.45) is 0 Å². The molecule has 2 heterocycles. The summed E-state index contributed by atoms with van der Waals surface area (Å²) in [6.45, 7) is 0.743. The highest BCUT2D eigenvalue weighted by molar-refractivity contribution is 7.10. The van der Waals surface area contributed by atoms with E-state index < -0.39 is 0 Å².